The Morgan fingerprint density at radius 3 is 2.27 bits per heavy atom. The Kier molecular flexibility index (Phi) is 7.22. The summed E-state index contributed by atoms with van der Waals surface area (Å²) in [6, 6.07) is 26.4. The van der Waals surface area contributed by atoms with E-state index in [2.05, 4.69) is 22.8 Å². The summed E-state index contributed by atoms with van der Waals surface area (Å²) in [7, 11) is 1.74. The van der Waals surface area contributed by atoms with Crippen molar-refractivity contribution in [2.75, 3.05) is 17.3 Å². The van der Waals surface area contributed by atoms with Crippen LogP contribution in [0.2, 0.25) is 0 Å². The summed E-state index contributed by atoms with van der Waals surface area (Å²) in [6.07, 6.45) is 1.75. The van der Waals surface area contributed by atoms with Crippen molar-refractivity contribution in [3.8, 4) is 0 Å². The highest BCUT2D eigenvalue weighted by Crippen LogP contribution is 2.17. The maximum Gasteiger partial charge on any atom is 0.319 e. The van der Waals surface area contributed by atoms with Crippen LogP contribution in [-0.4, -0.2) is 25.0 Å². The average Bonchev–Trinajstić information content (AvgIpc) is 2.78. The molecule has 0 aliphatic carbocycles. The van der Waals surface area contributed by atoms with Crippen LogP contribution in [0.5, 0.6) is 0 Å². The van der Waals surface area contributed by atoms with Crippen molar-refractivity contribution in [1.29, 1.82) is 0 Å². The molecule has 0 aliphatic rings. The lowest BCUT2D eigenvalue weighted by molar-refractivity contribution is 0.0993. The molecule has 0 fully saturated rings. The van der Waals surface area contributed by atoms with E-state index in [1.807, 2.05) is 55.5 Å². The van der Waals surface area contributed by atoms with Crippen molar-refractivity contribution in [2.24, 2.45) is 0 Å². The lowest BCUT2D eigenvalue weighted by Crippen LogP contribution is -2.36. The third-order valence-corrected chi connectivity index (χ3v) is 4.90. The maximum absolute atomic E-state index is 12.8. The van der Waals surface area contributed by atoms with Crippen molar-refractivity contribution in [1.82, 2.24) is 5.32 Å². The SMILES string of the molecule is CC(CCc1ccccc1)NC(=O)Nc1cccc(C(=O)N(C)c2ccccc2)c1. The molecule has 0 spiro atoms. The molecule has 0 bridgehead atoms. The van der Waals surface area contributed by atoms with Crippen LogP contribution in [0.4, 0.5) is 16.2 Å². The van der Waals surface area contributed by atoms with Crippen LogP contribution in [0.1, 0.15) is 29.3 Å². The van der Waals surface area contributed by atoms with Gasteiger partial charge in [-0.25, -0.2) is 4.79 Å². The van der Waals surface area contributed by atoms with E-state index in [1.165, 1.54) is 5.56 Å². The molecule has 5 heteroatoms. The molecule has 5 nitrogen and oxygen atoms in total. The average molecular weight is 402 g/mol. The van der Waals surface area contributed by atoms with E-state index in [0.717, 1.165) is 18.5 Å². The molecule has 0 radical (unpaired) electrons. The Bertz CT molecular complexity index is 974. The van der Waals surface area contributed by atoms with E-state index in [9.17, 15) is 9.59 Å². The van der Waals surface area contributed by atoms with Crippen molar-refractivity contribution in [3.05, 3.63) is 96.1 Å². The molecule has 0 aromatic heterocycles. The fraction of sp³-hybridized carbons (Fsp3) is 0.200. The summed E-state index contributed by atoms with van der Waals surface area (Å²) < 4.78 is 0. The molecule has 0 heterocycles. The molecule has 30 heavy (non-hydrogen) atoms. The lowest BCUT2D eigenvalue weighted by atomic mass is 10.1. The summed E-state index contributed by atoms with van der Waals surface area (Å²) in [5, 5.41) is 5.77. The first-order chi connectivity index (χ1) is 14.5. The van der Waals surface area contributed by atoms with Gasteiger partial charge in [-0.2, -0.15) is 0 Å². The number of nitrogens with zero attached hydrogens (tertiary/aromatic N) is 1. The number of hydrogen-bond acceptors (Lipinski definition) is 2. The zero-order chi connectivity index (χ0) is 21.3. The Hall–Kier alpha value is -3.60. The van der Waals surface area contributed by atoms with E-state index in [1.54, 1.807) is 36.2 Å². The Morgan fingerprint density at radius 2 is 1.57 bits per heavy atom. The second-order valence-electron chi connectivity index (χ2n) is 7.30. The van der Waals surface area contributed by atoms with Gasteiger partial charge in [-0.15, -0.1) is 0 Å². The molecule has 3 rings (SSSR count). The minimum absolute atomic E-state index is 0.0271. The Morgan fingerprint density at radius 1 is 0.900 bits per heavy atom. The van der Waals surface area contributed by atoms with Crippen LogP contribution < -0.4 is 15.5 Å². The predicted molar refractivity (Wildman–Crippen MR) is 122 cm³/mol. The fourth-order valence-electron chi connectivity index (χ4n) is 3.18. The molecule has 2 N–H and O–H groups in total. The zero-order valence-corrected chi connectivity index (χ0v) is 17.3. The van der Waals surface area contributed by atoms with Crippen LogP contribution >= 0.6 is 0 Å². The van der Waals surface area contributed by atoms with Crippen LogP contribution in [0.15, 0.2) is 84.9 Å². The summed E-state index contributed by atoms with van der Waals surface area (Å²) in [6.45, 7) is 1.98. The number of rotatable bonds is 7. The predicted octanol–water partition coefficient (Wildman–Crippen LogP) is 5.11. The molecular formula is C25H27N3O2. The van der Waals surface area contributed by atoms with Crippen LogP contribution in [0.3, 0.4) is 0 Å². The Balaban J connectivity index is 1.55. The van der Waals surface area contributed by atoms with Gasteiger partial charge in [-0.1, -0.05) is 54.6 Å². The normalized spacial score (nSPS) is 11.4. The molecule has 3 aromatic rings. The standard InChI is InChI=1S/C25H27N3O2/c1-19(16-17-20-10-5-3-6-11-20)26-25(30)27-22-13-9-12-21(18-22)24(29)28(2)23-14-7-4-8-15-23/h3-15,18-19H,16-17H2,1-2H3,(H2,26,27,30). The molecule has 3 amide bonds. The number of carbonyl (C=O) groups is 2. The minimum Gasteiger partial charge on any atom is -0.335 e. The molecular weight excluding hydrogens is 374 g/mol. The molecule has 3 aromatic carbocycles. The number of carbonyl (C=O) groups excluding carboxylic acids is 2. The molecule has 0 saturated heterocycles. The number of hydrogen-bond donors (Lipinski definition) is 2. The highest BCUT2D eigenvalue weighted by molar-refractivity contribution is 6.06. The number of amides is 3. The van der Waals surface area contributed by atoms with Crippen molar-refractivity contribution in [2.45, 2.75) is 25.8 Å². The summed E-state index contributed by atoms with van der Waals surface area (Å²) in [4.78, 5) is 26.7. The van der Waals surface area contributed by atoms with Gasteiger partial charge in [0.1, 0.15) is 0 Å². The fourth-order valence-corrected chi connectivity index (χ4v) is 3.18. The molecule has 1 atom stereocenters. The highest BCUT2D eigenvalue weighted by Gasteiger charge is 2.14. The van der Waals surface area contributed by atoms with Gasteiger partial charge in [0.15, 0.2) is 0 Å². The molecule has 0 saturated carbocycles. The van der Waals surface area contributed by atoms with Gasteiger partial charge < -0.3 is 15.5 Å². The van der Waals surface area contributed by atoms with Gasteiger partial charge in [0, 0.05) is 30.0 Å². The Labute approximate surface area is 177 Å². The highest BCUT2D eigenvalue weighted by atomic mass is 16.2. The number of anilines is 2. The largest absolute Gasteiger partial charge is 0.335 e. The van der Waals surface area contributed by atoms with Crippen molar-refractivity contribution >= 4 is 23.3 Å². The quantitative estimate of drug-likeness (QED) is 0.578. The smallest absolute Gasteiger partial charge is 0.319 e. The van der Waals surface area contributed by atoms with Crippen molar-refractivity contribution < 1.29 is 9.59 Å². The third-order valence-electron chi connectivity index (χ3n) is 4.90. The second-order valence-corrected chi connectivity index (χ2v) is 7.30. The first-order valence-corrected chi connectivity index (χ1v) is 10.1. The monoisotopic (exact) mass is 401 g/mol. The topological polar surface area (TPSA) is 61.4 Å². The van der Waals surface area contributed by atoms with E-state index in [0.29, 0.717) is 11.3 Å². The first-order valence-electron chi connectivity index (χ1n) is 10.1. The van der Waals surface area contributed by atoms with E-state index in [-0.39, 0.29) is 18.0 Å². The third kappa shape index (κ3) is 5.95. The van der Waals surface area contributed by atoms with E-state index >= 15 is 0 Å². The van der Waals surface area contributed by atoms with E-state index < -0.39 is 0 Å². The maximum atomic E-state index is 12.8. The zero-order valence-electron chi connectivity index (χ0n) is 17.3. The second kappa shape index (κ2) is 10.3. The van der Waals surface area contributed by atoms with Gasteiger partial charge >= 0.3 is 6.03 Å². The van der Waals surface area contributed by atoms with Gasteiger partial charge in [0.05, 0.1) is 0 Å². The number of urea groups is 1. The summed E-state index contributed by atoms with van der Waals surface area (Å²) in [5.41, 5.74) is 3.15. The van der Waals surface area contributed by atoms with Crippen molar-refractivity contribution in [3.63, 3.8) is 0 Å². The first kappa shape index (κ1) is 21.1. The van der Waals surface area contributed by atoms with Gasteiger partial charge in [0.25, 0.3) is 5.91 Å². The van der Waals surface area contributed by atoms with Crippen LogP contribution in [-0.2, 0) is 6.42 Å². The molecule has 0 aliphatic heterocycles. The van der Waals surface area contributed by atoms with Crippen LogP contribution in [0.25, 0.3) is 0 Å². The minimum atomic E-state index is -0.281. The number of para-hydroxylation sites is 1. The summed E-state index contributed by atoms with van der Waals surface area (Å²) >= 11 is 0. The van der Waals surface area contributed by atoms with Gasteiger partial charge in [0.2, 0.25) is 0 Å². The van der Waals surface area contributed by atoms with Crippen LogP contribution in [0, 0.1) is 0 Å². The van der Waals surface area contributed by atoms with Gasteiger partial charge in [-0.3, -0.25) is 4.79 Å². The number of aryl methyl sites for hydroxylation is 1. The lowest BCUT2D eigenvalue weighted by Gasteiger charge is -2.18. The number of nitrogens with one attached hydrogen (secondary N) is 2. The number of benzene rings is 3. The van der Waals surface area contributed by atoms with Gasteiger partial charge in [-0.05, 0) is 55.7 Å². The molecule has 1 unspecified atom stereocenters. The van der Waals surface area contributed by atoms with E-state index in [4.69, 9.17) is 0 Å². The molecule has 154 valence electrons. The summed E-state index contributed by atoms with van der Waals surface area (Å²) in [5.74, 6) is -0.138.